The van der Waals surface area contributed by atoms with Crippen molar-refractivity contribution < 1.29 is 14.1 Å². The SMILES string of the molecule is Cc1noc2nc(C3CC3)cc(C(=O)N3CCC[C@H](C(=O)Nc4ccccc4)C3)c12. The highest BCUT2D eigenvalue weighted by molar-refractivity contribution is 6.06. The van der Waals surface area contributed by atoms with Crippen molar-refractivity contribution in [2.75, 3.05) is 18.4 Å². The molecule has 0 bridgehead atoms. The third-order valence-electron chi connectivity index (χ3n) is 5.98. The van der Waals surface area contributed by atoms with Crippen molar-refractivity contribution in [1.29, 1.82) is 0 Å². The standard InChI is InChI=1S/C23H24N4O3/c1-14-20-18(12-19(15-9-10-15)25-22(20)30-26-14)23(29)27-11-5-6-16(13-27)21(28)24-17-7-3-2-4-8-17/h2-4,7-8,12,15-16H,5-6,9-11,13H2,1H3,(H,24,28)/t16-/m0/s1. The Hall–Kier alpha value is -3.22. The number of nitrogens with zero attached hydrogens (tertiary/aromatic N) is 3. The first-order valence-electron chi connectivity index (χ1n) is 10.5. The van der Waals surface area contributed by atoms with Gasteiger partial charge in [0.15, 0.2) is 0 Å². The molecule has 2 fully saturated rings. The van der Waals surface area contributed by atoms with Crippen LogP contribution in [0.3, 0.4) is 0 Å². The zero-order valence-corrected chi connectivity index (χ0v) is 16.9. The average Bonchev–Trinajstić information content (AvgIpc) is 3.56. The van der Waals surface area contributed by atoms with Crippen LogP contribution < -0.4 is 5.32 Å². The summed E-state index contributed by atoms with van der Waals surface area (Å²) in [5, 5.41) is 7.67. The second kappa shape index (κ2) is 7.55. The largest absolute Gasteiger partial charge is 0.338 e. The molecule has 2 amide bonds. The summed E-state index contributed by atoms with van der Waals surface area (Å²) in [5.41, 5.74) is 3.35. The number of hydrogen-bond acceptors (Lipinski definition) is 5. The van der Waals surface area contributed by atoms with Crippen LogP contribution in [0.5, 0.6) is 0 Å². The van der Waals surface area contributed by atoms with Gasteiger partial charge in [0.1, 0.15) is 0 Å². The van der Waals surface area contributed by atoms with Crippen LogP contribution >= 0.6 is 0 Å². The van der Waals surface area contributed by atoms with Crippen LogP contribution in [0.25, 0.3) is 11.1 Å². The molecule has 0 unspecified atom stereocenters. The minimum atomic E-state index is -0.230. The summed E-state index contributed by atoms with van der Waals surface area (Å²) in [6, 6.07) is 11.3. The minimum absolute atomic E-state index is 0.0431. The highest BCUT2D eigenvalue weighted by atomic mass is 16.5. The van der Waals surface area contributed by atoms with E-state index < -0.39 is 0 Å². The molecular formula is C23H24N4O3. The van der Waals surface area contributed by atoms with Gasteiger partial charge in [-0.25, -0.2) is 4.98 Å². The topological polar surface area (TPSA) is 88.3 Å². The Morgan fingerprint density at radius 3 is 2.73 bits per heavy atom. The molecule has 7 nitrogen and oxygen atoms in total. The highest BCUT2D eigenvalue weighted by Crippen LogP contribution is 2.40. The second-order valence-corrected chi connectivity index (χ2v) is 8.26. The first kappa shape index (κ1) is 18.8. The highest BCUT2D eigenvalue weighted by Gasteiger charge is 2.33. The number of aromatic nitrogens is 2. The number of nitrogens with one attached hydrogen (secondary N) is 1. The molecule has 2 aromatic heterocycles. The number of amides is 2. The summed E-state index contributed by atoms with van der Waals surface area (Å²) >= 11 is 0. The Morgan fingerprint density at radius 2 is 1.97 bits per heavy atom. The fourth-order valence-electron chi connectivity index (χ4n) is 4.18. The molecule has 0 spiro atoms. The smallest absolute Gasteiger partial charge is 0.259 e. The lowest BCUT2D eigenvalue weighted by atomic mass is 9.96. The number of anilines is 1. The first-order valence-corrected chi connectivity index (χ1v) is 10.5. The Labute approximate surface area is 174 Å². The molecule has 30 heavy (non-hydrogen) atoms. The summed E-state index contributed by atoms with van der Waals surface area (Å²) in [7, 11) is 0. The predicted molar refractivity (Wildman–Crippen MR) is 112 cm³/mol. The number of carbonyl (C=O) groups is 2. The van der Waals surface area contributed by atoms with E-state index in [1.165, 1.54) is 0 Å². The number of piperidine rings is 1. The predicted octanol–water partition coefficient (Wildman–Crippen LogP) is 3.90. The van der Waals surface area contributed by atoms with E-state index in [0.29, 0.717) is 41.4 Å². The molecule has 5 rings (SSSR count). The molecule has 3 aromatic rings. The number of likely N-dealkylation sites (tertiary alicyclic amines) is 1. The number of fused-ring (bicyclic) bond motifs is 1. The molecule has 7 heteroatoms. The van der Waals surface area contributed by atoms with Gasteiger partial charge in [-0.1, -0.05) is 23.4 Å². The van der Waals surface area contributed by atoms with E-state index in [-0.39, 0.29) is 17.7 Å². The van der Waals surface area contributed by atoms with E-state index in [0.717, 1.165) is 37.1 Å². The number of carbonyl (C=O) groups excluding carboxylic acids is 2. The van der Waals surface area contributed by atoms with Crippen molar-refractivity contribution in [3.8, 4) is 0 Å². The summed E-state index contributed by atoms with van der Waals surface area (Å²) in [6.07, 6.45) is 3.74. The van der Waals surface area contributed by atoms with Crippen molar-refractivity contribution in [3.05, 3.63) is 53.3 Å². The number of benzene rings is 1. The van der Waals surface area contributed by atoms with Crippen molar-refractivity contribution in [1.82, 2.24) is 15.0 Å². The molecule has 1 N–H and O–H groups in total. The van der Waals surface area contributed by atoms with Gasteiger partial charge in [0.05, 0.1) is 22.6 Å². The van der Waals surface area contributed by atoms with Crippen LogP contribution in [0, 0.1) is 12.8 Å². The third kappa shape index (κ3) is 3.56. The van der Waals surface area contributed by atoms with Gasteiger partial charge in [0.25, 0.3) is 11.6 Å². The Morgan fingerprint density at radius 1 is 1.17 bits per heavy atom. The third-order valence-corrected chi connectivity index (χ3v) is 5.98. The molecule has 1 saturated heterocycles. The quantitative estimate of drug-likeness (QED) is 0.712. The molecular weight excluding hydrogens is 380 g/mol. The van der Waals surface area contributed by atoms with Gasteiger partial charge in [-0.3, -0.25) is 9.59 Å². The van der Waals surface area contributed by atoms with Gasteiger partial charge >= 0.3 is 0 Å². The fraction of sp³-hybridized carbons (Fsp3) is 0.391. The van der Waals surface area contributed by atoms with E-state index in [1.807, 2.05) is 43.3 Å². The monoisotopic (exact) mass is 404 g/mol. The number of aryl methyl sites for hydroxylation is 1. The summed E-state index contributed by atoms with van der Waals surface area (Å²) < 4.78 is 5.38. The number of rotatable bonds is 4. The van der Waals surface area contributed by atoms with Crippen LogP contribution in [-0.4, -0.2) is 39.9 Å². The van der Waals surface area contributed by atoms with Crippen molar-refractivity contribution in [2.24, 2.45) is 5.92 Å². The van der Waals surface area contributed by atoms with Crippen LogP contribution in [0.4, 0.5) is 5.69 Å². The summed E-state index contributed by atoms with van der Waals surface area (Å²) in [4.78, 5) is 32.6. The normalized spacial score (nSPS) is 19.1. The lowest BCUT2D eigenvalue weighted by Crippen LogP contribution is -2.43. The minimum Gasteiger partial charge on any atom is -0.338 e. The molecule has 1 aliphatic carbocycles. The van der Waals surface area contributed by atoms with E-state index >= 15 is 0 Å². The van der Waals surface area contributed by atoms with Gasteiger partial charge in [-0.2, -0.15) is 0 Å². The molecule has 154 valence electrons. The van der Waals surface area contributed by atoms with Gasteiger partial charge in [0.2, 0.25) is 5.91 Å². The van der Waals surface area contributed by atoms with E-state index in [1.54, 1.807) is 4.90 Å². The zero-order chi connectivity index (χ0) is 20.7. The van der Waals surface area contributed by atoms with Crippen molar-refractivity contribution >= 4 is 28.6 Å². The number of hydrogen-bond donors (Lipinski definition) is 1. The lowest BCUT2D eigenvalue weighted by molar-refractivity contribution is -0.121. The van der Waals surface area contributed by atoms with Crippen LogP contribution in [0.15, 0.2) is 40.9 Å². The molecule has 1 aromatic carbocycles. The van der Waals surface area contributed by atoms with Gasteiger partial charge in [0, 0.05) is 30.4 Å². The Bertz CT molecular complexity index is 1100. The number of pyridine rings is 1. The van der Waals surface area contributed by atoms with Gasteiger partial charge in [-0.15, -0.1) is 0 Å². The molecule has 3 heterocycles. The zero-order valence-electron chi connectivity index (χ0n) is 16.9. The second-order valence-electron chi connectivity index (χ2n) is 8.26. The first-order chi connectivity index (χ1) is 14.6. The summed E-state index contributed by atoms with van der Waals surface area (Å²) in [5.74, 6) is 0.0510. The van der Waals surface area contributed by atoms with Crippen molar-refractivity contribution in [3.63, 3.8) is 0 Å². The maximum Gasteiger partial charge on any atom is 0.259 e. The molecule has 1 saturated carbocycles. The molecule has 1 atom stereocenters. The van der Waals surface area contributed by atoms with Crippen LogP contribution in [0.2, 0.25) is 0 Å². The van der Waals surface area contributed by atoms with Gasteiger partial charge in [-0.05, 0) is 50.8 Å². The maximum atomic E-state index is 13.5. The lowest BCUT2D eigenvalue weighted by Gasteiger charge is -2.32. The average molecular weight is 404 g/mol. The van der Waals surface area contributed by atoms with Crippen molar-refractivity contribution in [2.45, 2.75) is 38.5 Å². The molecule has 2 aliphatic rings. The maximum absolute atomic E-state index is 13.5. The Balaban J connectivity index is 1.38. The summed E-state index contributed by atoms with van der Waals surface area (Å²) in [6.45, 7) is 2.87. The van der Waals surface area contributed by atoms with Crippen LogP contribution in [-0.2, 0) is 4.79 Å². The van der Waals surface area contributed by atoms with E-state index in [2.05, 4.69) is 15.5 Å². The molecule has 0 radical (unpaired) electrons. The Kier molecular flexibility index (Phi) is 4.73. The van der Waals surface area contributed by atoms with Crippen LogP contribution in [0.1, 0.15) is 53.3 Å². The van der Waals surface area contributed by atoms with Gasteiger partial charge < -0.3 is 14.7 Å². The fourth-order valence-corrected chi connectivity index (χ4v) is 4.18. The number of para-hydroxylation sites is 1. The molecule has 1 aliphatic heterocycles. The van der Waals surface area contributed by atoms with E-state index in [9.17, 15) is 9.59 Å². The van der Waals surface area contributed by atoms with E-state index in [4.69, 9.17) is 4.52 Å².